The highest BCUT2D eigenvalue weighted by molar-refractivity contribution is 7.46. The van der Waals surface area contributed by atoms with Crippen LogP contribution in [0.3, 0.4) is 0 Å². The maximum absolute atomic E-state index is 13.6. The van der Waals surface area contributed by atoms with Gasteiger partial charge in [0, 0.05) is 23.8 Å². The molecule has 0 heterocycles. The van der Waals surface area contributed by atoms with Gasteiger partial charge in [0.25, 0.3) is 0 Å². The largest absolute Gasteiger partial charge is 0.524 e. The summed E-state index contributed by atoms with van der Waals surface area (Å²) in [5.41, 5.74) is 4.45. The molecule has 0 saturated heterocycles. The lowest BCUT2D eigenvalue weighted by Gasteiger charge is -2.36. The molecule has 0 bridgehead atoms. The number of carbonyl (C=O) groups excluding carboxylic acids is 4. The Bertz CT molecular complexity index is 1120. The van der Waals surface area contributed by atoms with Crippen LogP contribution >= 0.6 is 7.82 Å². The van der Waals surface area contributed by atoms with E-state index in [-0.39, 0.29) is 36.8 Å². The van der Waals surface area contributed by atoms with Gasteiger partial charge in [-0.05, 0) is 50.3 Å². The molecule has 0 radical (unpaired) electrons. The van der Waals surface area contributed by atoms with Crippen molar-refractivity contribution in [3.05, 3.63) is 29.8 Å². The summed E-state index contributed by atoms with van der Waals surface area (Å²) in [6, 6.07) is 3.85. The Morgan fingerprint density at radius 2 is 1.57 bits per heavy atom. The molecule has 3 atom stereocenters. The SMILES string of the molecule is CCCCCC(=O)NC(Cc1ccc(OP(=O)(O)O)cc1)C(=O)N[C@H](C(=O)NC(C)(C)CC(C)(C)C(N)=O)C(C)CC. The van der Waals surface area contributed by atoms with E-state index < -0.39 is 48.6 Å². The molecule has 0 fully saturated rings. The van der Waals surface area contributed by atoms with Crippen molar-refractivity contribution in [2.75, 3.05) is 0 Å². The number of benzene rings is 1. The molecule has 7 N–H and O–H groups in total. The first-order chi connectivity index (χ1) is 19.3. The highest BCUT2D eigenvalue weighted by atomic mass is 31.2. The zero-order valence-electron chi connectivity index (χ0n) is 25.9. The molecule has 0 aromatic heterocycles. The van der Waals surface area contributed by atoms with Gasteiger partial charge in [-0.25, -0.2) is 4.57 Å². The van der Waals surface area contributed by atoms with Gasteiger partial charge in [-0.15, -0.1) is 0 Å². The summed E-state index contributed by atoms with van der Waals surface area (Å²) in [6.07, 6.45) is 3.63. The van der Waals surface area contributed by atoms with Crippen LogP contribution in [0.2, 0.25) is 0 Å². The molecule has 12 nitrogen and oxygen atoms in total. The molecule has 13 heteroatoms. The quantitative estimate of drug-likeness (QED) is 0.107. The third-order valence-electron chi connectivity index (χ3n) is 7.05. The molecule has 1 rings (SSSR count). The summed E-state index contributed by atoms with van der Waals surface area (Å²) in [5.74, 6) is -2.06. The maximum Gasteiger partial charge on any atom is 0.524 e. The Morgan fingerprint density at radius 1 is 0.976 bits per heavy atom. The van der Waals surface area contributed by atoms with Gasteiger partial charge in [0.1, 0.15) is 17.8 Å². The first-order valence-corrected chi connectivity index (χ1v) is 15.9. The Kier molecular flexibility index (Phi) is 14.2. The van der Waals surface area contributed by atoms with E-state index in [9.17, 15) is 23.7 Å². The van der Waals surface area contributed by atoms with Crippen molar-refractivity contribution in [3.63, 3.8) is 0 Å². The lowest BCUT2D eigenvalue weighted by atomic mass is 9.79. The third-order valence-corrected chi connectivity index (χ3v) is 7.50. The van der Waals surface area contributed by atoms with Gasteiger partial charge >= 0.3 is 7.82 Å². The average molecular weight is 613 g/mol. The normalized spacial score (nSPS) is 14.3. The van der Waals surface area contributed by atoms with Gasteiger partial charge in [-0.3, -0.25) is 29.0 Å². The van der Waals surface area contributed by atoms with E-state index in [1.807, 2.05) is 20.8 Å². The molecule has 238 valence electrons. The van der Waals surface area contributed by atoms with Crippen LogP contribution < -0.4 is 26.2 Å². The van der Waals surface area contributed by atoms with Gasteiger partial charge in [-0.2, -0.15) is 0 Å². The van der Waals surface area contributed by atoms with Gasteiger partial charge < -0.3 is 26.2 Å². The number of nitrogens with one attached hydrogen (secondary N) is 3. The van der Waals surface area contributed by atoms with Crippen LogP contribution in [0.5, 0.6) is 5.75 Å². The number of primary amides is 1. The Labute approximate surface area is 249 Å². The van der Waals surface area contributed by atoms with Crippen molar-refractivity contribution in [3.8, 4) is 5.75 Å². The van der Waals surface area contributed by atoms with E-state index in [4.69, 9.17) is 15.5 Å². The van der Waals surface area contributed by atoms with E-state index >= 15 is 0 Å². The number of phosphoric ester groups is 1. The van der Waals surface area contributed by atoms with E-state index in [0.29, 0.717) is 18.4 Å². The fraction of sp³-hybridized carbons (Fsp3) is 0.655. The molecule has 1 aromatic carbocycles. The zero-order valence-corrected chi connectivity index (χ0v) is 26.8. The molecule has 0 aliphatic rings. The smallest absolute Gasteiger partial charge is 0.404 e. The topological polar surface area (TPSA) is 197 Å². The van der Waals surface area contributed by atoms with Crippen LogP contribution in [0, 0.1) is 11.3 Å². The molecule has 42 heavy (non-hydrogen) atoms. The fourth-order valence-electron chi connectivity index (χ4n) is 4.67. The highest BCUT2D eigenvalue weighted by Gasteiger charge is 2.37. The first kappa shape index (κ1) is 37.1. The van der Waals surface area contributed by atoms with Crippen LogP contribution in [0.25, 0.3) is 0 Å². The van der Waals surface area contributed by atoms with Crippen LogP contribution in [0.15, 0.2) is 24.3 Å². The minimum Gasteiger partial charge on any atom is -0.404 e. The van der Waals surface area contributed by atoms with Gasteiger partial charge in [0.05, 0.1) is 0 Å². The maximum atomic E-state index is 13.6. The second kappa shape index (κ2) is 16.0. The van der Waals surface area contributed by atoms with E-state index in [2.05, 4.69) is 20.5 Å². The number of unbranched alkanes of at least 4 members (excludes halogenated alkanes) is 2. The Hall–Kier alpha value is -2.95. The minimum absolute atomic E-state index is 0.0488. The zero-order chi connectivity index (χ0) is 32.3. The predicted octanol–water partition coefficient (Wildman–Crippen LogP) is 3.09. The lowest BCUT2D eigenvalue weighted by molar-refractivity contribution is -0.134. The number of rotatable bonds is 18. The highest BCUT2D eigenvalue weighted by Crippen LogP contribution is 2.37. The van der Waals surface area contributed by atoms with Crippen LogP contribution in [0.1, 0.15) is 92.6 Å². The van der Waals surface area contributed by atoms with E-state index in [1.165, 1.54) is 24.3 Å². The number of hydrogen-bond donors (Lipinski definition) is 6. The van der Waals surface area contributed by atoms with Gasteiger partial charge in [-0.1, -0.05) is 66.0 Å². The molecule has 0 aliphatic heterocycles. The molecular formula is C29H49N4O8P. The molecule has 0 saturated carbocycles. The number of phosphoric acid groups is 1. The summed E-state index contributed by atoms with van der Waals surface area (Å²) in [7, 11) is -4.73. The number of amides is 4. The lowest BCUT2D eigenvalue weighted by Crippen LogP contribution is -2.59. The summed E-state index contributed by atoms with van der Waals surface area (Å²) in [4.78, 5) is 69.7. The van der Waals surface area contributed by atoms with Crippen molar-refractivity contribution in [2.24, 2.45) is 17.1 Å². The van der Waals surface area contributed by atoms with E-state index in [0.717, 1.165) is 12.8 Å². The third kappa shape index (κ3) is 13.4. The van der Waals surface area contributed by atoms with Crippen molar-refractivity contribution < 1.29 is 38.1 Å². The first-order valence-electron chi connectivity index (χ1n) is 14.4. The van der Waals surface area contributed by atoms with Crippen LogP contribution in [-0.4, -0.2) is 51.0 Å². The van der Waals surface area contributed by atoms with Gasteiger partial charge in [0.15, 0.2) is 0 Å². The van der Waals surface area contributed by atoms with Gasteiger partial charge in [0.2, 0.25) is 23.6 Å². The fourth-order valence-corrected chi connectivity index (χ4v) is 5.07. The average Bonchev–Trinajstić information content (AvgIpc) is 2.85. The number of nitrogens with two attached hydrogens (primary N) is 1. The summed E-state index contributed by atoms with van der Waals surface area (Å²) in [6.45, 7) is 12.7. The summed E-state index contributed by atoms with van der Waals surface area (Å²) < 4.78 is 15.7. The van der Waals surface area contributed by atoms with Crippen molar-refractivity contribution >= 4 is 31.5 Å². The molecular weight excluding hydrogens is 563 g/mol. The molecule has 1 aromatic rings. The van der Waals surface area contributed by atoms with E-state index in [1.54, 1.807) is 27.7 Å². The molecule has 2 unspecified atom stereocenters. The molecule has 0 aliphatic carbocycles. The van der Waals surface area contributed by atoms with Crippen molar-refractivity contribution in [1.29, 1.82) is 0 Å². The second-order valence-corrected chi connectivity index (χ2v) is 13.3. The second-order valence-electron chi connectivity index (χ2n) is 12.2. The Morgan fingerprint density at radius 3 is 2.07 bits per heavy atom. The predicted molar refractivity (Wildman–Crippen MR) is 160 cm³/mol. The van der Waals surface area contributed by atoms with Crippen molar-refractivity contribution in [1.82, 2.24) is 16.0 Å². The van der Waals surface area contributed by atoms with Crippen molar-refractivity contribution in [2.45, 2.75) is 111 Å². The summed E-state index contributed by atoms with van der Waals surface area (Å²) in [5, 5.41) is 8.56. The minimum atomic E-state index is -4.73. The molecule has 0 spiro atoms. The van der Waals surface area contributed by atoms with Crippen LogP contribution in [-0.2, 0) is 30.2 Å². The monoisotopic (exact) mass is 612 g/mol. The number of hydrogen-bond acceptors (Lipinski definition) is 6. The standard InChI is InChI=1S/C29H49N4O8P/c1-8-10-11-12-23(34)31-22(17-20-13-15-21(16-14-20)41-42(38,39)40)25(35)32-24(19(3)9-2)26(36)33-29(6,7)18-28(4,5)27(30)37/h13-16,19,22,24H,8-12,17-18H2,1-7H3,(H2,30,37)(H,31,34)(H,32,35)(H,33,36)(H2,38,39,40)/t19?,22?,24-/m0/s1. The number of carbonyl (C=O) groups is 4. The summed E-state index contributed by atoms with van der Waals surface area (Å²) >= 11 is 0. The van der Waals surface area contributed by atoms with Crippen LogP contribution in [0.4, 0.5) is 0 Å². The molecule has 4 amide bonds. The Balaban J connectivity index is 3.18.